The lowest BCUT2D eigenvalue weighted by Gasteiger charge is -2.23. The quantitative estimate of drug-likeness (QED) is 0.665. The van der Waals surface area contributed by atoms with Crippen molar-refractivity contribution in [2.75, 3.05) is 26.8 Å². The number of aryl methyl sites for hydroxylation is 1. The van der Waals surface area contributed by atoms with Crippen molar-refractivity contribution in [1.82, 2.24) is 25.5 Å². The van der Waals surface area contributed by atoms with Crippen LogP contribution in [0.4, 0.5) is 0 Å². The van der Waals surface area contributed by atoms with Gasteiger partial charge in [0.2, 0.25) is 0 Å². The molecule has 16 heavy (non-hydrogen) atoms. The minimum atomic E-state index is 0.122. The van der Waals surface area contributed by atoms with Crippen molar-refractivity contribution in [2.45, 2.75) is 20.3 Å². The van der Waals surface area contributed by atoms with Gasteiger partial charge in [0.05, 0.1) is 13.7 Å². The van der Waals surface area contributed by atoms with E-state index in [2.05, 4.69) is 34.6 Å². The summed E-state index contributed by atoms with van der Waals surface area (Å²) in [4.78, 5) is 1.49. The molecule has 1 aromatic heterocycles. The summed E-state index contributed by atoms with van der Waals surface area (Å²) in [6, 6.07) is 0. The van der Waals surface area contributed by atoms with Crippen LogP contribution in [0.25, 0.3) is 0 Å². The molecule has 0 fully saturated rings. The molecule has 0 unspecified atom stereocenters. The van der Waals surface area contributed by atoms with E-state index < -0.39 is 0 Å². The molecule has 1 rings (SSSR count). The fourth-order valence-corrected chi connectivity index (χ4v) is 1.49. The fourth-order valence-electron chi connectivity index (χ4n) is 1.49. The molecule has 0 aliphatic heterocycles. The van der Waals surface area contributed by atoms with Crippen molar-refractivity contribution in [1.29, 1.82) is 0 Å². The van der Waals surface area contributed by atoms with Crippen LogP contribution in [0.15, 0.2) is 0 Å². The number of hydrogen-bond donors (Lipinski definition) is 1. The van der Waals surface area contributed by atoms with Crippen molar-refractivity contribution < 1.29 is 4.74 Å². The summed E-state index contributed by atoms with van der Waals surface area (Å²) < 4.78 is 4.98. The Morgan fingerprint density at radius 1 is 1.44 bits per heavy atom. The molecule has 1 N–H and O–H groups in total. The number of rotatable bonds is 7. The van der Waals surface area contributed by atoms with E-state index in [1.165, 1.54) is 4.80 Å². The summed E-state index contributed by atoms with van der Waals surface area (Å²) in [5, 5.41) is 15.3. The maximum Gasteiger partial charge on any atom is 0.175 e. The van der Waals surface area contributed by atoms with E-state index >= 15 is 0 Å². The van der Waals surface area contributed by atoms with Crippen molar-refractivity contribution in [3.63, 3.8) is 0 Å². The van der Waals surface area contributed by atoms with Gasteiger partial charge in [-0.1, -0.05) is 13.8 Å². The zero-order valence-electron chi connectivity index (χ0n) is 10.5. The zero-order chi connectivity index (χ0) is 12.0. The van der Waals surface area contributed by atoms with E-state index in [0.29, 0.717) is 0 Å². The van der Waals surface area contributed by atoms with Gasteiger partial charge < -0.3 is 10.1 Å². The summed E-state index contributed by atoms with van der Waals surface area (Å²) in [7, 11) is 3.48. The van der Waals surface area contributed by atoms with E-state index in [0.717, 1.165) is 31.9 Å². The molecule has 0 aromatic carbocycles. The van der Waals surface area contributed by atoms with E-state index in [4.69, 9.17) is 4.74 Å². The highest BCUT2D eigenvalue weighted by Crippen LogP contribution is 2.18. The lowest BCUT2D eigenvalue weighted by Crippen LogP contribution is -2.33. The monoisotopic (exact) mass is 227 g/mol. The van der Waals surface area contributed by atoms with Gasteiger partial charge in [-0.15, -0.1) is 10.2 Å². The number of methoxy groups -OCH3 is 1. The zero-order valence-corrected chi connectivity index (χ0v) is 10.5. The number of nitrogens with zero attached hydrogens (tertiary/aromatic N) is 4. The topological polar surface area (TPSA) is 64.9 Å². The van der Waals surface area contributed by atoms with Gasteiger partial charge in [-0.25, -0.2) is 0 Å². The van der Waals surface area contributed by atoms with Crippen LogP contribution in [0.3, 0.4) is 0 Å². The molecule has 0 bridgehead atoms. The first-order valence-electron chi connectivity index (χ1n) is 5.46. The van der Waals surface area contributed by atoms with E-state index in [1.54, 1.807) is 14.2 Å². The smallest absolute Gasteiger partial charge is 0.175 e. The van der Waals surface area contributed by atoms with E-state index in [1.807, 2.05) is 0 Å². The number of tetrazole rings is 1. The first-order chi connectivity index (χ1) is 7.53. The third-order valence-electron chi connectivity index (χ3n) is 2.27. The molecule has 1 heterocycles. The minimum absolute atomic E-state index is 0.122. The number of hydrogen-bond acceptors (Lipinski definition) is 5. The maximum absolute atomic E-state index is 4.98. The Morgan fingerprint density at radius 2 is 2.19 bits per heavy atom. The van der Waals surface area contributed by atoms with Gasteiger partial charge in [-0.05, 0) is 10.6 Å². The Hall–Kier alpha value is -1.01. The molecular weight excluding hydrogens is 206 g/mol. The van der Waals surface area contributed by atoms with Crippen LogP contribution in [0.5, 0.6) is 0 Å². The molecule has 0 saturated heterocycles. The Labute approximate surface area is 96.4 Å². The third-order valence-corrected chi connectivity index (χ3v) is 2.27. The van der Waals surface area contributed by atoms with Crippen molar-refractivity contribution in [2.24, 2.45) is 12.5 Å². The Bertz CT molecular complexity index is 310. The lowest BCUT2D eigenvalue weighted by molar-refractivity contribution is 0.193. The van der Waals surface area contributed by atoms with E-state index in [9.17, 15) is 0 Å². The highest BCUT2D eigenvalue weighted by molar-refractivity contribution is 4.86. The number of aromatic nitrogens is 4. The highest BCUT2D eigenvalue weighted by Gasteiger charge is 2.20. The molecule has 0 radical (unpaired) electrons. The fraction of sp³-hybridized carbons (Fsp3) is 0.900. The molecule has 6 nitrogen and oxygen atoms in total. The molecule has 6 heteroatoms. The standard InChI is InChI=1S/C10H21N5O/c1-10(2,8-11-5-6-16-4)7-9-12-14-15(3)13-9/h11H,5-8H2,1-4H3. The second-order valence-electron chi connectivity index (χ2n) is 4.71. The van der Waals surface area contributed by atoms with Gasteiger partial charge in [0.25, 0.3) is 0 Å². The molecule has 1 aromatic rings. The third kappa shape index (κ3) is 4.67. The van der Waals surface area contributed by atoms with E-state index in [-0.39, 0.29) is 5.41 Å². The predicted molar refractivity (Wildman–Crippen MR) is 61.0 cm³/mol. The summed E-state index contributed by atoms with van der Waals surface area (Å²) in [6.07, 6.45) is 0.820. The first-order valence-corrected chi connectivity index (χ1v) is 5.46. The predicted octanol–water partition coefficient (Wildman–Crippen LogP) is 0.0148. The van der Waals surface area contributed by atoms with Crippen LogP contribution < -0.4 is 5.32 Å². The highest BCUT2D eigenvalue weighted by atomic mass is 16.5. The summed E-state index contributed by atoms with van der Waals surface area (Å²) in [5.74, 6) is 0.793. The second-order valence-corrected chi connectivity index (χ2v) is 4.71. The van der Waals surface area contributed by atoms with Gasteiger partial charge in [0, 0.05) is 26.6 Å². The van der Waals surface area contributed by atoms with Gasteiger partial charge in [-0.3, -0.25) is 0 Å². The lowest BCUT2D eigenvalue weighted by atomic mass is 9.89. The molecule has 0 saturated carbocycles. The summed E-state index contributed by atoms with van der Waals surface area (Å²) in [6.45, 7) is 6.88. The summed E-state index contributed by atoms with van der Waals surface area (Å²) >= 11 is 0. The Kier molecular flexibility index (Phi) is 4.82. The maximum atomic E-state index is 4.98. The second kappa shape index (κ2) is 5.91. The van der Waals surface area contributed by atoms with Crippen LogP contribution in [-0.4, -0.2) is 47.0 Å². The Balaban J connectivity index is 2.33. The van der Waals surface area contributed by atoms with Crippen LogP contribution in [0, 0.1) is 5.41 Å². The largest absolute Gasteiger partial charge is 0.383 e. The van der Waals surface area contributed by atoms with Crippen molar-refractivity contribution in [3.05, 3.63) is 5.82 Å². The number of ether oxygens (including phenoxy) is 1. The van der Waals surface area contributed by atoms with Crippen molar-refractivity contribution in [3.8, 4) is 0 Å². The van der Waals surface area contributed by atoms with Gasteiger partial charge in [-0.2, -0.15) is 4.80 Å². The molecule has 0 atom stereocenters. The average Bonchev–Trinajstić information content (AvgIpc) is 2.58. The van der Waals surface area contributed by atoms with Gasteiger partial charge >= 0.3 is 0 Å². The molecule has 0 aliphatic rings. The summed E-state index contributed by atoms with van der Waals surface area (Å²) in [5.41, 5.74) is 0.122. The molecule has 0 spiro atoms. The number of nitrogens with one attached hydrogen (secondary N) is 1. The van der Waals surface area contributed by atoms with Crippen LogP contribution >= 0.6 is 0 Å². The molecule has 92 valence electrons. The Morgan fingerprint density at radius 3 is 2.75 bits per heavy atom. The molecule has 0 aliphatic carbocycles. The normalized spacial score (nSPS) is 12.0. The average molecular weight is 227 g/mol. The van der Waals surface area contributed by atoms with Gasteiger partial charge in [0.15, 0.2) is 5.82 Å². The minimum Gasteiger partial charge on any atom is -0.383 e. The SMILES string of the molecule is COCCNCC(C)(C)Cc1nnn(C)n1. The van der Waals surface area contributed by atoms with Crippen LogP contribution in [-0.2, 0) is 18.2 Å². The van der Waals surface area contributed by atoms with Crippen molar-refractivity contribution >= 4 is 0 Å². The molecular formula is C10H21N5O. The first kappa shape index (κ1) is 13.1. The van der Waals surface area contributed by atoms with Crippen LogP contribution in [0.2, 0.25) is 0 Å². The van der Waals surface area contributed by atoms with Crippen LogP contribution in [0.1, 0.15) is 19.7 Å². The molecule has 0 amide bonds. The van der Waals surface area contributed by atoms with Gasteiger partial charge in [0.1, 0.15) is 0 Å².